The zero-order chi connectivity index (χ0) is 42.4. The van der Waals surface area contributed by atoms with E-state index in [-0.39, 0.29) is 24.9 Å². The monoisotopic (exact) mass is 812 g/mol. The Morgan fingerprint density at radius 1 is 0.517 bits per heavy atom. The molecule has 0 radical (unpaired) electrons. The minimum Gasteiger partial charge on any atom is -0.462 e. The lowest BCUT2D eigenvalue weighted by atomic mass is 10.0. The molecule has 0 saturated heterocycles. The van der Waals surface area contributed by atoms with Crippen LogP contribution >= 0.6 is 0 Å². The fourth-order valence-electron chi connectivity index (χ4n) is 7.13. The third kappa shape index (κ3) is 40.3. The molecular formula is C52H93NO5. The standard InChI is InChI=1S/C52H93NO5/c1-4-7-10-13-16-19-22-24-26-28-30-33-36-39-42-45-52(57)58-48(43-40-37-34-31-29-27-25-23-20-17-14-11-8-5-2)46-51(56)53-49(47-54)50(55)44-41-38-35-32-21-18-15-12-9-6-3/h8,11,17,19-20,22,25,27,31,34,48-50,54-55H,4-7,9-10,12-16,18,21,23-24,26,28-30,32-33,35-47H2,1-3H3,(H,53,56)/b11-8+,20-17+,22-19-,27-25+,34-31+. The van der Waals surface area contributed by atoms with Gasteiger partial charge in [-0.1, -0.05) is 197 Å². The highest BCUT2D eigenvalue weighted by Crippen LogP contribution is 2.16. The van der Waals surface area contributed by atoms with E-state index >= 15 is 0 Å². The maximum Gasteiger partial charge on any atom is 0.306 e. The molecule has 0 aliphatic carbocycles. The van der Waals surface area contributed by atoms with Gasteiger partial charge in [-0.3, -0.25) is 9.59 Å². The fraction of sp³-hybridized carbons (Fsp3) is 0.769. The van der Waals surface area contributed by atoms with Crippen molar-refractivity contribution in [2.24, 2.45) is 0 Å². The van der Waals surface area contributed by atoms with Crippen LogP contribution in [0.1, 0.15) is 233 Å². The molecule has 0 bridgehead atoms. The van der Waals surface area contributed by atoms with Gasteiger partial charge in [-0.2, -0.15) is 0 Å². The fourth-order valence-corrected chi connectivity index (χ4v) is 7.13. The summed E-state index contributed by atoms with van der Waals surface area (Å²) in [6.07, 6.45) is 55.7. The molecule has 0 rings (SSSR count). The molecule has 3 atom stereocenters. The highest BCUT2D eigenvalue weighted by atomic mass is 16.5. The van der Waals surface area contributed by atoms with Crippen LogP contribution in [-0.2, 0) is 14.3 Å². The van der Waals surface area contributed by atoms with E-state index in [0.29, 0.717) is 19.3 Å². The molecule has 6 nitrogen and oxygen atoms in total. The van der Waals surface area contributed by atoms with Gasteiger partial charge in [0.25, 0.3) is 0 Å². The van der Waals surface area contributed by atoms with E-state index in [2.05, 4.69) is 86.8 Å². The van der Waals surface area contributed by atoms with Crippen molar-refractivity contribution in [1.82, 2.24) is 5.32 Å². The van der Waals surface area contributed by atoms with Gasteiger partial charge in [-0.25, -0.2) is 0 Å². The van der Waals surface area contributed by atoms with Gasteiger partial charge < -0.3 is 20.3 Å². The number of amides is 1. The molecular weight excluding hydrogens is 719 g/mol. The second-order valence-electron chi connectivity index (χ2n) is 16.5. The summed E-state index contributed by atoms with van der Waals surface area (Å²) in [5, 5.41) is 23.6. The van der Waals surface area contributed by atoms with E-state index in [0.717, 1.165) is 77.0 Å². The second kappa shape index (κ2) is 45.6. The molecule has 0 spiro atoms. The normalized spacial score (nSPS) is 13.8. The number of carbonyl (C=O) groups is 2. The lowest BCUT2D eigenvalue weighted by molar-refractivity contribution is -0.151. The first-order valence-corrected chi connectivity index (χ1v) is 24.5. The van der Waals surface area contributed by atoms with Crippen LogP contribution in [0.2, 0.25) is 0 Å². The number of aliphatic hydroxyl groups excluding tert-OH is 2. The Bertz CT molecular complexity index is 1050. The third-order valence-electron chi connectivity index (χ3n) is 10.8. The Hall–Kier alpha value is -2.44. The van der Waals surface area contributed by atoms with Crippen molar-refractivity contribution in [2.75, 3.05) is 6.61 Å². The number of rotatable bonds is 43. The molecule has 3 N–H and O–H groups in total. The number of esters is 1. The summed E-state index contributed by atoms with van der Waals surface area (Å²) in [7, 11) is 0. The predicted molar refractivity (Wildman–Crippen MR) is 250 cm³/mol. The first-order valence-electron chi connectivity index (χ1n) is 24.5. The number of hydrogen-bond donors (Lipinski definition) is 3. The predicted octanol–water partition coefficient (Wildman–Crippen LogP) is 14.5. The maximum atomic E-state index is 13.1. The number of unbranched alkanes of at least 4 members (excludes halogenated alkanes) is 21. The summed E-state index contributed by atoms with van der Waals surface area (Å²) < 4.78 is 5.89. The molecule has 0 aliphatic heterocycles. The van der Waals surface area contributed by atoms with Crippen molar-refractivity contribution >= 4 is 11.9 Å². The molecule has 0 heterocycles. The van der Waals surface area contributed by atoms with Crippen molar-refractivity contribution in [3.8, 4) is 0 Å². The summed E-state index contributed by atoms with van der Waals surface area (Å²) in [5.41, 5.74) is 0. The second-order valence-corrected chi connectivity index (χ2v) is 16.5. The zero-order valence-electron chi connectivity index (χ0n) is 38.2. The third-order valence-corrected chi connectivity index (χ3v) is 10.8. The largest absolute Gasteiger partial charge is 0.462 e. The van der Waals surface area contributed by atoms with Crippen molar-refractivity contribution in [1.29, 1.82) is 0 Å². The number of hydrogen-bond acceptors (Lipinski definition) is 5. The van der Waals surface area contributed by atoms with Gasteiger partial charge in [-0.05, 0) is 83.5 Å². The molecule has 0 aromatic rings. The van der Waals surface area contributed by atoms with Gasteiger partial charge in [0.15, 0.2) is 0 Å². The van der Waals surface area contributed by atoms with E-state index < -0.39 is 18.2 Å². The summed E-state index contributed by atoms with van der Waals surface area (Å²) in [6.45, 7) is 6.32. The Morgan fingerprint density at radius 3 is 1.48 bits per heavy atom. The SMILES string of the molecule is CC/C=C/C/C=C/C/C=C/C/C=C/CCCC(CC(=O)NC(CO)C(O)CCCCCCCCCCCC)OC(=O)CCCCCCCCC/C=C\CCCCCC. The van der Waals surface area contributed by atoms with Crippen molar-refractivity contribution in [3.05, 3.63) is 60.8 Å². The average Bonchev–Trinajstić information content (AvgIpc) is 3.22. The van der Waals surface area contributed by atoms with Crippen LogP contribution in [0.4, 0.5) is 0 Å². The summed E-state index contributed by atoms with van der Waals surface area (Å²) >= 11 is 0. The molecule has 1 amide bonds. The number of ether oxygens (including phenoxy) is 1. The molecule has 336 valence electrons. The molecule has 3 unspecified atom stereocenters. The van der Waals surface area contributed by atoms with Crippen molar-refractivity contribution < 1.29 is 24.5 Å². The first kappa shape index (κ1) is 55.6. The van der Waals surface area contributed by atoms with Crippen LogP contribution in [0.15, 0.2) is 60.8 Å². The minimum atomic E-state index is -0.802. The first-order chi connectivity index (χ1) is 28.5. The molecule has 0 aliphatic rings. The van der Waals surface area contributed by atoms with Gasteiger partial charge in [-0.15, -0.1) is 0 Å². The number of aliphatic hydroxyl groups is 2. The molecule has 0 saturated carbocycles. The molecule has 0 aromatic heterocycles. The van der Waals surface area contributed by atoms with E-state index in [4.69, 9.17) is 4.74 Å². The Kier molecular flexibility index (Phi) is 43.7. The van der Waals surface area contributed by atoms with Gasteiger partial charge in [0.2, 0.25) is 5.91 Å². The van der Waals surface area contributed by atoms with E-state index in [1.807, 2.05) is 0 Å². The number of allylic oxidation sites excluding steroid dienone is 10. The quantitative estimate of drug-likeness (QED) is 0.0324. The Labute approximate surface area is 358 Å². The smallest absolute Gasteiger partial charge is 0.306 e. The van der Waals surface area contributed by atoms with Gasteiger partial charge in [0.05, 0.1) is 25.2 Å². The summed E-state index contributed by atoms with van der Waals surface area (Å²) in [6, 6.07) is -0.719. The molecule has 0 fully saturated rings. The van der Waals surface area contributed by atoms with Crippen molar-refractivity contribution in [3.63, 3.8) is 0 Å². The van der Waals surface area contributed by atoms with E-state index in [9.17, 15) is 19.8 Å². The molecule has 58 heavy (non-hydrogen) atoms. The van der Waals surface area contributed by atoms with E-state index in [1.54, 1.807) is 0 Å². The topological polar surface area (TPSA) is 95.9 Å². The molecule has 0 aromatic carbocycles. The van der Waals surface area contributed by atoms with Gasteiger partial charge >= 0.3 is 5.97 Å². The Balaban J connectivity index is 4.68. The highest BCUT2D eigenvalue weighted by molar-refractivity contribution is 5.77. The van der Waals surface area contributed by atoms with Crippen LogP contribution in [0.25, 0.3) is 0 Å². The van der Waals surface area contributed by atoms with Crippen molar-refractivity contribution in [2.45, 2.75) is 251 Å². The maximum absolute atomic E-state index is 13.1. The number of nitrogens with one attached hydrogen (secondary N) is 1. The minimum absolute atomic E-state index is 0.0372. The average molecular weight is 812 g/mol. The van der Waals surface area contributed by atoms with Crippen LogP contribution in [0.5, 0.6) is 0 Å². The summed E-state index contributed by atoms with van der Waals surface area (Å²) in [4.78, 5) is 26.1. The lowest BCUT2D eigenvalue weighted by Crippen LogP contribution is -2.46. The molecule has 6 heteroatoms. The zero-order valence-corrected chi connectivity index (χ0v) is 38.2. The summed E-state index contributed by atoms with van der Waals surface area (Å²) in [5.74, 6) is -0.535. The van der Waals surface area contributed by atoms with Crippen LogP contribution < -0.4 is 5.32 Å². The lowest BCUT2D eigenvalue weighted by Gasteiger charge is -2.24. The van der Waals surface area contributed by atoms with E-state index in [1.165, 1.54) is 109 Å². The van der Waals surface area contributed by atoms with Gasteiger partial charge in [0.1, 0.15) is 6.10 Å². The highest BCUT2D eigenvalue weighted by Gasteiger charge is 2.24. The van der Waals surface area contributed by atoms with Crippen LogP contribution in [0, 0.1) is 0 Å². The van der Waals surface area contributed by atoms with Crippen LogP contribution in [-0.4, -0.2) is 46.9 Å². The van der Waals surface area contributed by atoms with Crippen LogP contribution in [0.3, 0.4) is 0 Å². The van der Waals surface area contributed by atoms with Gasteiger partial charge in [0, 0.05) is 6.42 Å². The Morgan fingerprint density at radius 2 is 0.948 bits per heavy atom. The number of carbonyl (C=O) groups excluding carboxylic acids is 2.